The number of halogens is 4. The molecule has 2 bridgehead atoms. The van der Waals surface area contributed by atoms with E-state index in [2.05, 4.69) is 5.32 Å². The number of amides is 2. The smallest absolute Gasteiger partial charge is 0.305 e. The quantitative estimate of drug-likeness (QED) is 0.117. The number of hydrogen-bond donors (Lipinski definition) is 1. The van der Waals surface area contributed by atoms with E-state index in [-0.39, 0.29) is 43.3 Å². The van der Waals surface area contributed by atoms with Gasteiger partial charge in [-0.1, -0.05) is 54.1 Å². The van der Waals surface area contributed by atoms with Crippen LogP contribution in [0.4, 0.5) is 13.2 Å². The fraction of sp³-hybridized carbons (Fsp3) is 0.395. The molecule has 0 aromatic heterocycles. The fourth-order valence-electron chi connectivity index (χ4n) is 6.51. The van der Waals surface area contributed by atoms with Crippen LogP contribution in [0.1, 0.15) is 55.7 Å². The van der Waals surface area contributed by atoms with Gasteiger partial charge in [0.1, 0.15) is 0 Å². The number of aryl methyl sites for hydroxylation is 1. The van der Waals surface area contributed by atoms with Crippen molar-refractivity contribution in [3.05, 3.63) is 105 Å². The molecule has 1 N–H and O–H groups in total. The summed E-state index contributed by atoms with van der Waals surface area (Å²) in [5, 5.41) is 4.16. The average Bonchev–Trinajstić information content (AvgIpc) is 3.12. The first kappa shape index (κ1) is 36.9. The van der Waals surface area contributed by atoms with Gasteiger partial charge in [-0.05, 0) is 73.1 Å². The third kappa shape index (κ3) is 8.86. The van der Waals surface area contributed by atoms with Crippen molar-refractivity contribution in [2.24, 2.45) is 0 Å². The van der Waals surface area contributed by atoms with E-state index in [1.165, 1.54) is 7.11 Å². The van der Waals surface area contributed by atoms with E-state index in [1.807, 2.05) is 49.4 Å². The van der Waals surface area contributed by atoms with E-state index in [0.717, 1.165) is 28.3 Å². The molecule has 266 valence electrons. The highest BCUT2D eigenvalue weighted by Gasteiger charge is 2.40. The predicted octanol–water partition coefficient (Wildman–Crippen LogP) is 6.49. The maximum Gasteiger partial charge on any atom is 0.305 e. The minimum atomic E-state index is -1.35. The lowest BCUT2D eigenvalue weighted by Gasteiger charge is -2.45. The Morgan fingerprint density at radius 1 is 0.960 bits per heavy atom. The number of fused-ring (bicyclic) bond motifs is 2. The molecule has 2 amide bonds. The Morgan fingerprint density at radius 3 is 2.42 bits per heavy atom. The predicted molar refractivity (Wildman–Crippen MR) is 184 cm³/mol. The van der Waals surface area contributed by atoms with Crippen molar-refractivity contribution in [2.45, 2.75) is 64.1 Å². The molecule has 0 spiro atoms. The molecule has 0 aliphatic carbocycles. The van der Waals surface area contributed by atoms with Crippen molar-refractivity contribution in [3.8, 4) is 5.75 Å². The third-order valence-electron chi connectivity index (χ3n) is 9.14. The van der Waals surface area contributed by atoms with Crippen molar-refractivity contribution in [1.82, 2.24) is 15.1 Å². The van der Waals surface area contributed by atoms with Gasteiger partial charge in [0, 0.05) is 55.7 Å². The Kier molecular flexibility index (Phi) is 12.6. The van der Waals surface area contributed by atoms with Crippen LogP contribution in [0.15, 0.2) is 66.2 Å². The lowest BCUT2D eigenvalue weighted by molar-refractivity contribution is -0.141. The molecule has 0 saturated carbocycles. The summed E-state index contributed by atoms with van der Waals surface area (Å²) in [5.41, 5.74) is 4.18. The van der Waals surface area contributed by atoms with Crippen LogP contribution in [0.2, 0.25) is 5.02 Å². The number of piperazine rings is 1. The largest absolute Gasteiger partial charge is 0.488 e. The van der Waals surface area contributed by atoms with E-state index in [1.54, 1.807) is 15.9 Å². The highest BCUT2D eigenvalue weighted by atomic mass is 35.5. The molecule has 2 aliphatic heterocycles. The van der Waals surface area contributed by atoms with Crippen LogP contribution >= 0.6 is 11.6 Å². The zero-order chi connectivity index (χ0) is 35.8. The van der Waals surface area contributed by atoms with E-state index >= 15 is 0 Å². The zero-order valence-corrected chi connectivity index (χ0v) is 28.9. The number of ether oxygens (including phenoxy) is 2. The van der Waals surface area contributed by atoms with Crippen LogP contribution in [0, 0.1) is 17.5 Å². The summed E-state index contributed by atoms with van der Waals surface area (Å²) >= 11 is 6.47. The monoisotopic (exact) mass is 711 g/mol. The Bertz CT molecular complexity index is 1740. The van der Waals surface area contributed by atoms with E-state index < -0.39 is 29.2 Å². The van der Waals surface area contributed by atoms with Crippen molar-refractivity contribution < 1.29 is 37.0 Å². The molecule has 1 saturated heterocycles. The molecule has 0 radical (unpaired) electrons. The van der Waals surface area contributed by atoms with Gasteiger partial charge in [0.25, 0.3) is 5.91 Å². The van der Waals surface area contributed by atoms with Gasteiger partial charge in [-0.25, -0.2) is 8.78 Å². The van der Waals surface area contributed by atoms with Crippen molar-refractivity contribution in [1.29, 1.82) is 0 Å². The van der Waals surface area contributed by atoms with Crippen LogP contribution < -0.4 is 10.1 Å². The first-order chi connectivity index (χ1) is 24.1. The van der Waals surface area contributed by atoms with Gasteiger partial charge in [-0.2, -0.15) is 4.39 Å². The summed E-state index contributed by atoms with van der Waals surface area (Å²) in [6, 6.07) is 16.3. The molecule has 2 unspecified atom stereocenters. The summed E-state index contributed by atoms with van der Waals surface area (Å²) < 4.78 is 51.3. The fourth-order valence-corrected chi connectivity index (χ4v) is 6.70. The van der Waals surface area contributed by atoms with Crippen LogP contribution in [-0.4, -0.2) is 73.0 Å². The molecule has 3 aromatic carbocycles. The summed E-state index contributed by atoms with van der Waals surface area (Å²) in [7, 11) is 1.32. The molecule has 5 rings (SSSR count). The number of carbonyl (C=O) groups is 3. The minimum absolute atomic E-state index is 0.00588. The van der Waals surface area contributed by atoms with E-state index in [9.17, 15) is 27.6 Å². The Labute approximate surface area is 295 Å². The lowest BCUT2D eigenvalue weighted by Crippen LogP contribution is -2.62. The Balaban J connectivity index is 1.35. The van der Waals surface area contributed by atoms with Gasteiger partial charge >= 0.3 is 5.97 Å². The summed E-state index contributed by atoms with van der Waals surface area (Å²) in [5.74, 6) is -4.78. The minimum Gasteiger partial charge on any atom is -0.488 e. The molecule has 3 aromatic rings. The van der Waals surface area contributed by atoms with E-state index in [0.29, 0.717) is 68.5 Å². The highest BCUT2D eigenvalue weighted by Crippen LogP contribution is 2.35. The first-order valence-corrected chi connectivity index (χ1v) is 17.2. The first-order valence-electron chi connectivity index (χ1n) is 16.8. The lowest BCUT2D eigenvalue weighted by atomic mass is 9.82. The molecule has 8 nitrogen and oxygen atoms in total. The summed E-state index contributed by atoms with van der Waals surface area (Å²) in [4.78, 5) is 42.8. The zero-order valence-electron chi connectivity index (χ0n) is 28.2. The normalized spacial score (nSPS) is 17.0. The molecular formula is C38H41ClF3N3O5. The van der Waals surface area contributed by atoms with Crippen LogP contribution in [0.25, 0.3) is 5.57 Å². The van der Waals surface area contributed by atoms with Gasteiger partial charge in [-0.15, -0.1) is 0 Å². The number of benzene rings is 3. The molecule has 12 heteroatoms. The molecule has 50 heavy (non-hydrogen) atoms. The number of carbonyl (C=O) groups excluding carboxylic acids is 3. The number of nitrogens with zero attached hydrogens (tertiary/aromatic N) is 2. The second kappa shape index (κ2) is 17.0. The maximum absolute atomic E-state index is 14.5. The second-order valence-electron chi connectivity index (χ2n) is 12.5. The standard InChI is InChI=1S/C38H41ClF3N3O5/c1-3-44(21-26-9-4-5-10-29(26)39)38(48)35-28(20-27-22-45(23-32(35)43-27)33(46)11-6-12-34(47)49-2)25-15-13-24(14-16-25)8-7-19-50-37-31(41)18-17-30(40)36(37)42/h4-5,9-10,13-18,27,32,43H,3,6-8,11-12,19-23H2,1-2H3. The molecule has 1 fully saturated rings. The number of likely N-dealkylation sites (N-methyl/N-ethyl adjacent to an activating group) is 1. The molecule has 2 atom stereocenters. The maximum atomic E-state index is 14.5. The number of nitrogens with one attached hydrogen (secondary N) is 1. The SMILES string of the molecule is CCN(Cc1ccccc1Cl)C(=O)C1=C(c2ccc(CCCOc3c(F)ccc(F)c3F)cc2)CC2CN(C(=O)CCCC(=O)OC)CC1N2. The molecule has 2 heterocycles. The number of hydrogen-bond acceptors (Lipinski definition) is 6. The van der Waals surface area contributed by atoms with Gasteiger partial charge in [0.05, 0.1) is 19.8 Å². The van der Waals surface area contributed by atoms with Crippen LogP contribution in [-0.2, 0) is 32.1 Å². The van der Waals surface area contributed by atoms with Crippen LogP contribution in [0.5, 0.6) is 5.75 Å². The van der Waals surface area contributed by atoms with E-state index in [4.69, 9.17) is 21.1 Å². The summed E-state index contributed by atoms with van der Waals surface area (Å²) in [6.45, 7) is 3.46. The topological polar surface area (TPSA) is 88.2 Å². The summed E-state index contributed by atoms with van der Waals surface area (Å²) in [6.07, 6.45) is 2.26. The third-order valence-corrected chi connectivity index (χ3v) is 9.50. The van der Waals surface area contributed by atoms with Gasteiger partial charge in [0.15, 0.2) is 17.4 Å². The number of methoxy groups -OCH3 is 1. The Morgan fingerprint density at radius 2 is 1.70 bits per heavy atom. The van der Waals surface area contributed by atoms with Crippen LogP contribution in [0.3, 0.4) is 0 Å². The number of esters is 1. The van der Waals surface area contributed by atoms with Crippen molar-refractivity contribution in [3.63, 3.8) is 0 Å². The second-order valence-corrected chi connectivity index (χ2v) is 12.9. The van der Waals surface area contributed by atoms with Gasteiger partial charge < -0.3 is 24.6 Å². The molecule has 2 aliphatic rings. The number of rotatable bonds is 14. The Hall–Kier alpha value is -4.35. The van der Waals surface area contributed by atoms with Gasteiger partial charge in [0.2, 0.25) is 11.7 Å². The molecular weight excluding hydrogens is 671 g/mol. The van der Waals surface area contributed by atoms with Crippen molar-refractivity contribution in [2.75, 3.05) is 33.4 Å². The highest BCUT2D eigenvalue weighted by molar-refractivity contribution is 6.31. The van der Waals surface area contributed by atoms with Crippen molar-refractivity contribution >= 4 is 35.0 Å². The average molecular weight is 712 g/mol. The van der Waals surface area contributed by atoms with Gasteiger partial charge in [-0.3, -0.25) is 14.4 Å².